The molecule has 0 radical (unpaired) electrons. The van der Waals surface area contributed by atoms with Crippen LogP contribution in [0.15, 0.2) is 54.6 Å². The van der Waals surface area contributed by atoms with Crippen molar-refractivity contribution in [3.05, 3.63) is 65.7 Å². The SMILES string of the molecule is COc1ccc(C2(C(=O)O)CCN(C(=O)OCc3ccccc3)C2)cc1. The Hall–Kier alpha value is -3.02. The second-order valence-corrected chi connectivity index (χ2v) is 6.33. The molecule has 1 amide bonds. The summed E-state index contributed by atoms with van der Waals surface area (Å²) in [5, 5.41) is 9.84. The van der Waals surface area contributed by atoms with Gasteiger partial charge < -0.3 is 19.5 Å². The molecule has 1 N–H and O–H groups in total. The van der Waals surface area contributed by atoms with Crippen LogP contribution < -0.4 is 4.74 Å². The number of carboxylic acids is 1. The Labute approximate surface area is 152 Å². The molecule has 1 atom stereocenters. The third-order valence-electron chi connectivity index (χ3n) is 4.78. The summed E-state index contributed by atoms with van der Waals surface area (Å²) in [5.41, 5.74) is 0.418. The lowest BCUT2D eigenvalue weighted by Gasteiger charge is -2.25. The van der Waals surface area contributed by atoms with E-state index in [0.717, 1.165) is 5.56 Å². The number of aliphatic carboxylic acids is 1. The van der Waals surface area contributed by atoms with Crippen LogP contribution in [0.4, 0.5) is 4.79 Å². The molecule has 6 heteroatoms. The molecule has 1 unspecified atom stereocenters. The summed E-state index contributed by atoms with van der Waals surface area (Å²) >= 11 is 0. The number of methoxy groups -OCH3 is 1. The molecule has 1 saturated heterocycles. The molecule has 0 aliphatic carbocycles. The highest BCUT2D eigenvalue weighted by Gasteiger charge is 2.48. The summed E-state index contributed by atoms with van der Waals surface area (Å²) in [5.74, 6) is -0.285. The minimum atomic E-state index is -1.13. The van der Waals surface area contributed by atoms with Crippen LogP contribution in [0.25, 0.3) is 0 Å². The van der Waals surface area contributed by atoms with Gasteiger partial charge in [0.1, 0.15) is 17.8 Å². The first-order chi connectivity index (χ1) is 12.5. The monoisotopic (exact) mass is 355 g/mol. The molecule has 1 aliphatic heterocycles. The standard InChI is InChI=1S/C20H21NO5/c1-25-17-9-7-16(8-10-17)20(18(22)23)11-12-21(14-20)19(24)26-13-15-5-3-2-4-6-15/h2-10H,11-14H2,1H3,(H,22,23). The van der Waals surface area contributed by atoms with Gasteiger partial charge in [0.25, 0.3) is 0 Å². The number of nitrogens with zero attached hydrogens (tertiary/aromatic N) is 1. The van der Waals surface area contributed by atoms with E-state index < -0.39 is 17.5 Å². The number of benzene rings is 2. The van der Waals surface area contributed by atoms with E-state index in [0.29, 0.717) is 24.3 Å². The Morgan fingerprint density at radius 1 is 1.12 bits per heavy atom. The van der Waals surface area contributed by atoms with Crippen LogP contribution in [0.3, 0.4) is 0 Å². The fraction of sp³-hybridized carbons (Fsp3) is 0.300. The van der Waals surface area contributed by atoms with Crippen LogP contribution in [-0.4, -0.2) is 42.3 Å². The van der Waals surface area contributed by atoms with Crippen LogP contribution in [0.2, 0.25) is 0 Å². The van der Waals surface area contributed by atoms with Crippen LogP contribution in [-0.2, 0) is 21.6 Å². The first kappa shape index (κ1) is 17.8. The number of hydrogen-bond acceptors (Lipinski definition) is 4. The van der Waals surface area contributed by atoms with Crippen molar-refractivity contribution in [2.24, 2.45) is 0 Å². The van der Waals surface area contributed by atoms with Gasteiger partial charge in [-0.05, 0) is 29.7 Å². The fourth-order valence-electron chi connectivity index (χ4n) is 3.22. The summed E-state index contributed by atoms with van der Waals surface area (Å²) in [6.45, 7) is 0.590. The van der Waals surface area contributed by atoms with Crippen molar-refractivity contribution in [1.82, 2.24) is 4.90 Å². The van der Waals surface area contributed by atoms with Gasteiger partial charge in [-0.25, -0.2) is 4.79 Å². The minimum Gasteiger partial charge on any atom is -0.497 e. The molecule has 136 valence electrons. The molecule has 3 rings (SSSR count). The smallest absolute Gasteiger partial charge is 0.410 e. The highest BCUT2D eigenvalue weighted by molar-refractivity contribution is 5.84. The van der Waals surface area contributed by atoms with Crippen LogP contribution in [0, 0.1) is 0 Å². The first-order valence-corrected chi connectivity index (χ1v) is 8.39. The zero-order chi connectivity index (χ0) is 18.6. The fourth-order valence-corrected chi connectivity index (χ4v) is 3.22. The molecule has 1 heterocycles. The topological polar surface area (TPSA) is 76.1 Å². The Bertz CT molecular complexity index is 775. The third-order valence-corrected chi connectivity index (χ3v) is 4.78. The molecular formula is C20H21NO5. The van der Waals surface area contributed by atoms with Crippen molar-refractivity contribution in [2.75, 3.05) is 20.2 Å². The molecule has 2 aromatic rings. The second kappa shape index (κ2) is 7.47. The van der Waals surface area contributed by atoms with E-state index in [1.165, 1.54) is 4.90 Å². The van der Waals surface area contributed by atoms with Gasteiger partial charge >= 0.3 is 12.1 Å². The number of rotatable bonds is 5. The van der Waals surface area contributed by atoms with Crippen molar-refractivity contribution in [3.8, 4) is 5.75 Å². The highest BCUT2D eigenvalue weighted by Crippen LogP contribution is 2.36. The van der Waals surface area contributed by atoms with Crippen molar-refractivity contribution >= 4 is 12.1 Å². The molecule has 0 saturated carbocycles. The van der Waals surface area contributed by atoms with Gasteiger partial charge in [-0.3, -0.25) is 4.79 Å². The Morgan fingerprint density at radius 2 is 1.81 bits per heavy atom. The van der Waals surface area contributed by atoms with Gasteiger partial charge in [-0.2, -0.15) is 0 Å². The summed E-state index contributed by atoms with van der Waals surface area (Å²) in [6.07, 6.45) is -0.153. The quantitative estimate of drug-likeness (QED) is 0.892. The van der Waals surface area contributed by atoms with Gasteiger partial charge in [0.2, 0.25) is 0 Å². The average Bonchev–Trinajstić information content (AvgIpc) is 3.14. The van der Waals surface area contributed by atoms with Gasteiger partial charge in [-0.1, -0.05) is 42.5 Å². The number of likely N-dealkylation sites (tertiary alicyclic amines) is 1. The van der Waals surface area contributed by atoms with Crippen LogP contribution >= 0.6 is 0 Å². The maximum absolute atomic E-state index is 12.4. The molecule has 1 aliphatic rings. The molecule has 2 aromatic carbocycles. The molecular weight excluding hydrogens is 334 g/mol. The van der Waals surface area contributed by atoms with E-state index in [4.69, 9.17) is 9.47 Å². The van der Waals surface area contributed by atoms with E-state index in [2.05, 4.69) is 0 Å². The van der Waals surface area contributed by atoms with Gasteiger partial charge in [0.15, 0.2) is 0 Å². The van der Waals surface area contributed by atoms with Gasteiger partial charge in [0, 0.05) is 13.1 Å². The maximum Gasteiger partial charge on any atom is 0.410 e. The average molecular weight is 355 g/mol. The number of carbonyl (C=O) groups excluding carboxylic acids is 1. The highest BCUT2D eigenvalue weighted by atomic mass is 16.6. The minimum absolute atomic E-state index is 0.0856. The maximum atomic E-state index is 12.4. The van der Waals surface area contributed by atoms with Crippen LogP contribution in [0.5, 0.6) is 5.75 Å². The molecule has 26 heavy (non-hydrogen) atoms. The zero-order valence-corrected chi connectivity index (χ0v) is 14.6. The van der Waals surface area contributed by atoms with E-state index in [1.807, 2.05) is 30.3 Å². The third kappa shape index (κ3) is 3.49. The molecule has 0 bridgehead atoms. The van der Waals surface area contributed by atoms with E-state index in [-0.39, 0.29) is 13.2 Å². The van der Waals surface area contributed by atoms with Crippen molar-refractivity contribution in [2.45, 2.75) is 18.4 Å². The number of hydrogen-bond donors (Lipinski definition) is 1. The normalized spacial score (nSPS) is 19.2. The van der Waals surface area contributed by atoms with Gasteiger partial charge in [-0.15, -0.1) is 0 Å². The summed E-state index contributed by atoms with van der Waals surface area (Å²) in [7, 11) is 1.56. The Balaban J connectivity index is 1.70. The largest absolute Gasteiger partial charge is 0.497 e. The molecule has 0 spiro atoms. The van der Waals surface area contributed by atoms with Crippen molar-refractivity contribution in [3.63, 3.8) is 0 Å². The summed E-state index contributed by atoms with van der Waals surface area (Å²) < 4.78 is 10.5. The predicted molar refractivity (Wildman–Crippen MR) is 95.1 cm³/mol. The zero-order valence-electron chi connectivity index (χ0n) is 14.6. The number of carboxylic acid groups (broad SMARTS) is 1. The van der Waals surface area contributed by atoms with Crippen molar-refractivity contribution in [1.29, 1.82) is 0 Å². The second-order valence-electron chi connectivity index (χ2n) is 6.33. The Morgan fingerprint density at radius 3 is 2.42 bits per heavy atom. The molecule has 0 aromatic heterocycles. The van der Waals surface area contributed by atoms with E-state index >= 15 is 0 Å². The summed E-state index contributed by atoms with van der Waals surface area (Å²) in [6, 6.07) is 16.3. The predicted octanol–water partition coefficient (Wildman–Crippen LogP) is 3.06. The molecule has 6 nitrogen and oxygen atoms in total. The van der Waals surface area contributed by atoms with Crippen LogP contribution in [0.1, 0.15) is 17.5 Å². The van der Waals surface area contributed by atoms with Gasteiger partial charge in [0.05, 0.1) is 7.11 Å². The summed E-state index contributed by atoms with van der Waals surface area (Å²) in [4.78, 5) is 25.8. The van der Waals surface area contributed by atoms with Crippen molar-refractivity contribution < 1.29 is 24.2 Å². The van der Waals surface area contributed by atoms with E-state index in [1.54, 1.807) is 31.4 Å². The number of amides is 1. The lowest BCUT2D eigenvalue weighted by Crippen LogP contribution is -2.40. The Kier molecular flexibility index (Phi) is 5.11. The first-order valence-electron chi connectivity index (χ1n) is 8.39. The molecule has 1 fully saturated rings. The number of carbonyl (C=O) groups is 2. The lowest BCUT2D eigenvalue weighted by atomic mass is 9.80. The number of ether oxygens (including phenoxy) is 2. The van der Waals surface area contributed by atoms with E-state index in [9.17, 15) is 14.7 Å². The lowest BCUT2D eigenvalue weighted by molar-refractivity contribution is -0.143.